The Morgan fingerprint density at radius 3 is 2.05 bits per heavy atom. The van der Waals surface area contributed by atoms with Crippen molar-refractivity contribution in [3.05, 3.63) is 0 Å². The van der Waals surface area contributed by atoms with Gasteiger partial charge < -0.3 is 9.74 Å². The summed E-state index contributed by atoms with van der Waals surface area (Å²) in [6.45, 7) is 16.0. The fraction of sp³-hybridized carbons (Fsp3) is 0.875. The van der Waals surface area contributed by atoms with Gasteiger partial charge in [0.2, 0.25) is 5.91 Å². The minimum Gasteiger partial charge on any atom is -0.367 e. The maximum absolute atomic E-state index is 13.1. The molecule has 1 aliphatic rings. The summed E-state index contributed by atoms with van der Waals surface area (Å²) >= 11 is 0. The SMILES string of the molecule is CCC1(CC)C(=O)N(C(C)(C)C)CC(C)(C)N1OC(C)=O. The van der Waals surface area contributed by atoms with E-state index in [0.717, 1.165) is 0 Å². The Hall–Kier alpha value is -1.10. The maximum atomic E-state index is 13.1. The molecule has 122 valence electrons. The normalized spacial score (nSPS) is 22.3. The Morgan fingerprint density at radius 2 is 1.71 bits per heavy atom. The minimum atomic E-state index is -0.791. The number of amides is 1. The lowest BCUT2D eigenvalue weighted by atomic mass is 9.80. The molecular formula is C16H30N2O3. The maximum Gasteiger partial charge on any atom is 0.322 e. The van der Waals surface area contributed by atoms with Crippen LogP contribution in [0.4, 0.5) is 0 Å². The first-order valence-electron chi connectivity index (χ1n) is 7.73. The highest BCUT2D eigenvalue weighted by atomic mass is 16.7. The molecule has 1 amide bonds. The van der Waals surface area contributed by atoms with Crippen molar-refractivity contribution < 1.29 is 14.4 Å². The molecule has 0 unspecified atom stereocenters. The van der Waals surface area contributed by atoms with E-state index in [1.165, 1.54) is 6.92 Å². The average molecular weight is 298 g/mol. The number of piperazine rings is 1. The minimum absolute atomic E-state index is 0.0422. The van der Waals surface area contributed by atoms with E-state index in [1.54, 1.807) is 5.06 Å². The summed E-state index contributed by atoms with van der Waals surface area (Å²) in [7, 11) is 0. The number of hydrogen-bond acceptors (Lipinski definition) is 4. The number of carbonyl (C=O) groups is 2. The second-order valence-corrected chi connectivity index (χ2v) is 7.49. The molecule has 0 saturated carbocycles. The molecule has 0 atom stereocenters. The quantitative estimate of drug-likeness (QED) is 0.804. The first-order chi connectivity index (χ1) is 9.42. The molecule has 0 aromatic rings. The fourth-order valence-electron chi connectivity index (χ4n) is 3.16. The second-order valence-electron chi connectivity index (χ2n) is 7.49. The van der Waals surface area contributed by atoms with E-state index < -0.39 is 11.1 Å². The van der Waals surface area contributed by atoms with Gasteiger partial charge in [0, 0.05) is 19.0 Å². The molecule has 0 bridgehead atoms. The third kappa shape index (κ3) is 3.07. The molecule has 5 heteroatoms. The Kier molecular flexibility index (Phi) is 4.78. The van der Waals surface area contributed by atoms with Crippen LogP contribution in [0.15, 0.2) is 0 Å². The second kappa shape index (κ2) is 5.59. The molecule has 1 rings (SSSR count). The summed E-state index contributed by atoms with van der Waals surface area (Å²) in [5, 5.41) is 1.65. The molecule has 0 aliphatic carbocycles. The average Bonchev–Trinajstić information content (AvgIpc) is 2.33. The number of rotatable bonds is 3. The number of carbonyl (C=O) groups excluding carboxylic acids is 2. The zero-order valence-corrected chi connectivity index (χ0v) is 14.7. The van der Waals surface area contributed by atoms with Gasteiger partial charge in [-0.3, -0.25) is 9.59 Å². The van der Waals surface area contributed by atoms with Crippen molar-refractivity contribution in [3.8, 4) is 0 Å². The molecule has 1 saturated heterocycles. The van der Waals surface area contributed by atoms with Crippen molar-refractivity contribution in [1.82, 2.24) is 9.96 Å². The first-order valence-corrected chi connectivity index (χ1v) is 7.73. The molecule has 0 spiro atoms. The van der Waals surface area contributed by atoms with Crippen molar-refractivity contribution >= 4 is 11.9 Å². The van der Waals surface area contributed by atoms with E-state index in [4.69, 9.17) is 4.84 Å². The van der Waals surface area contributed by atoms with Crippen LogP contribution in [0.3, 0.4) is 0 Å². The van der Waals surface area contributed by atoms with E-state index in [0.29, 0.717) is 19.4 Å². The van der Waals surface area contributed by atoms with Crippen molar-refractivity contribution in [2.24, 2.45) is 0 Å². The van der Waals surface area contributed by atoms with E-state index in [-0.39, 0.29) is 17.4 Å². The molecule has 0 aromatic carbocycles. The number of nitrogens with zero attached hydrogens (tertiary/aromatic N) is 2. The van der Waals surface area contributed by atoms with Gasteiger partial charge in [-0.1, -0.05) is 13.8 Å². The monoisotopic (exact) mass is 298 g/mol. The van der Waals surface area contributed by atoms with Gasteiger partial charge in [0.1, 0.15) is 5.54 Å². The van der Waals surface area contributed by atoms with E-state index in [1.807, 2.05) is 53.4 Å². The van der Waals surface area contributed by atoms with Crippen LogP contribution < -0.4 is 0 Å². The number of hydroxylamine groups is 2. The van der Waals surface area contributed by atoms with Crippen LogP contribution in [0.5, 0.6) is 0 Å². The molecule has 1 fully saturated rings. The molecule has 0 radical (unpaired) electrons. The van der Waals surface area contributed by atoms with Crippen LogP contribution in [0.2, 0.25) is 0 Å². The molecule has 0 N–H and O–H groups in total. The predicted octanol–water partition coefficient (Wildman–Crippen LogP) is 2.74. The van der Waals surface area contributed by atoms with E-state index in [2.05, 4.69) is 0 Å². The Labute approximate surface area is 128 Å². The zero-order valence-electron chi connectivity index (χ0n) is 14.7. The summed E-state index contributed by atoms with van der Waals surface area (Å²) in [5.74, 6) is -0.341. The summed E-state index contributed by atoms with van der Waals surface area (Å²) < 4.78 is 0. The van der Waals surface area contributed by atoms with Gasteiger partial charge in [0.25, 0.3) is 0 Å². The van der Waals surface area contributed by atoms with Gasteiger partial charge in [-0.15, -0.1) is 5.06 Å². The summed E-state index contributed by atoms with van der Waals surface area (Å²) in [5.41, 5.74) is -1.48. The topological polar surface area (TPSA) is 49.9 Å². The third-order valence-corrected chi connectivity index (χ3v) is 4.33. The van der Waals surface area contributed by atoms with Gasteiger partial charge in [0.05, 0.1) is 5.54 Å². The third-order valence-electron chi connectivity index (χ3n) is 4.33. The van der Waals surface area contributed by atoms with Crippen LogP contribution in [0.1, 0.15) is 68.2 Å². The summed E-state index contributed by atoms with van der Waals surface area (Å²) in [6, 6.07) is 0. The zero-order chi connectivity index (χ0) is 16.6. The lowest BCUT2D eigenvalue weighted by Gasteiger charge is -2.57. The van der Waals surface area contributed by atoms with Crippen molar-refractivity contribution in [2.45, 2.75) is 84.8 Å². The molecular weight excluding hydrogens is 268 g/mol. The predicted molar refractivity (Wildman–Crippen MR) is 82.5 cm³/mol. The van der Waals surface area contributed by atoms with Crippen LogP contribution >= 0.6 is 0 Å². The Balaban J connectivity index is 3.40. The molecule has 21 heavy (non-hydrogen) atoms. The Bertz CT molecular complexity index is 420. The lowest BCUT2D eigenvalue weighted by molar-refractivity contribution is -0.275. The number of hydrogen-bond donors (Lipinski definition) is 0. The van der Waals surface area contributed by atoms with Gasteiger partial charge in [-0.25, -0.2) is 0 Å². The summed E-state index contributed by atoms with van der Waals surface area (Å²) in [6.07, 6.45) is 1.21. The van der Waals surface area contributed by atoms with Crippen LogP contribution in [0.25, 0.3) is 0 Å². The summed E-state index contributed by atoms with van der Waals surface area (Å²) in [4.78, 5) is 32.0. The van der Waals surface area contributed by atoms with Gasteiger partial charge in [-0.05, 0) is 47.5 Å². The van der Waals surface area contributed by atoms with Crippen LogP contribution in [0, 0.1) is 0 Å². The van der Waals surface area contributed by atoms with Crippen LogP contribution in [-0.4, -0.2) is 45.0 Å². The highest BCUT2D eigenvalue weighted by molar-refractivity contribution is 5.88. The lowest BCUT2D eigenvalue weighted by Crippen LogP contribution is -2.75. The molecule has 1 aliphatic heterocycles. The van der Waals surface area contributed by atoms with Crippen molar-refractivity contribution in [2.75, 3.05) is 6.54 Å². The smallest absolute Gasteiger partial charge is 0.322 e. The van der Waals surface area contributed by atoms with Gasteiger partial charge in [-0.2, -0.15) is 0 Å². The fourth-order valence-corrected chi connectivity index (χ4v) is 3.16. The van der Waals surface area contributed by atoms with Gasteiger partial charge >= 0.3 is 5.97 Å². The van der Waals surface area contributed by atoms with Crippen molar-refractivity contribution in [3.63, 3.8) is 0 Å². The van der Waals surface area contributed by atoms with Gasteiger partial charge in [0.15, 0.2) is 0 Å². The highest BCUT2D eigenvalue weighted by Gasteiger charge is 2.58. The van der Waals surface area contributed by atoms with E-state index >= 15 is 0 Å². The largest absolute Gasteiger partial charge is 0.367 e. The standard InChI is InChI=1S/C16H30N2O3/c1-9-16(10-2)13(20)17(14(4,5)6)11-15(7,8)18(16)21-12(3)19/h9-11H2,1-8H3. The van der Waals surface area contributed by atoms with Crippen molar-refractivity contribution in [1.29, 1.82) is 0 Å². The first kappa shape index (κ1) is 18.0. The molecule has 0 aromatic heterocycles. The molecule has 5 nitrogen and oxygen atoms in total. The molecule has 1 heterocycles. The Morgan fingerprint density at radius 1 is 1.24 bits per heavy atom. The highest BCUT2D eigenvalue weighted by Crippen LogP contribution is 2.40. The van der Waals surface area contributed by atoms with Crippen LogP contribution in [-0.2, 0) is 14.4 Å². The van der Waals surface area contributed by atoms with E-state index in [9.17, 15) is 9.59 Å².